The third kappa shape index (κ3) is 3.93. The number of carbonyl (C=O) groups is 1. The van der Waals surface area contributed by atoms with Gasteiger partial charge >= 0.3 is 0 Å². The number of methoxy groups -OCH3 is 2. The lowest BCUT2D eigenvalue weighted by molar-refractivity contribution is 0.0784. The summed E-state index contributed by atoms with van der Waals surface area (Å²) in [6.07, 6.45) is 0. The SMILES string of the molecule is COc1ccc(CN(C)C(=O)c2ccc(F)cc2Cl)c(OC)c1. The number of hydrogen-bond donors (Lipinski definition) is 0. The zero-order chi connectivity index (χ0) is 17.0. The van der Waals surface area contributed by atoms with E-state index < -0.39 is 5.82 Å². The third-order valence-corrected chi connectivity index (χ3v) is 3.72. The van der Waals surface area contributed by atoms with Gasteiger partial charge in [-0.1, -0.05) is 11.6 Å². The number of ether oxygens (including phenoxy) is 2. The van der Waals surface area contributed by atoms with Gasteiger partial charge in [0.05, 0.1) is 24.8 Å². The van der Waals surface area contributed by atoms with E-state index in [-0.39, 0.29) is 16.5 Å². The molecule has 2 aromatic rings. The molecule has 0 spiro atoms. The van der Waals surface area contributed by atoms with Crippen LogP contribution in [0.3, 0.4) is 0 Å². The molecule has 2 aromatic carbocycles. The second-order valence-electron chi connectivity index (χ2n) is 4.96. The number of nitrogens with zero attached hydrogens (tertiary/aromatic N) is 1. The van der Waals surface area contributed by atoms with Gasteiger partial charge in [0.15, 0.2) is 0 Å². The summed E-state index contributed by atoms with van der Waals surface area (Å²) in [7, 11) is 4.77. The highest BCUT2D eigenvalue weighted by atomic mass is 35.5. The van der Waals surface area contributed by atoms with Crippen molar-refractivity contribution in [2.24, 2.45) is 0 Å². The van der Waals surface area contributed by atoms with Crippen molar-refractivity contribution in [2.75, 3.05) is 21.3 Å². The Kier molecular flexibility index (Phi) is 5.45. The lowest BCUT2D eigenvalue weighted by atomic mass is 10.1. The molecular formula is C17H17ClFNO3. The molecule has 0 aliphatic heterocycles. The summed E-state index contributed by atoms with van der Waals surface area (Å²) in [4.78, 5) is 13.9. The summed E-state index contributed by atoms with van der Waals surface area (Å²) >= 11 is 5.94. The molecule has 0 unspecified atom stereocenters. The minimum Gasteiger partial charge on any atom is -0.497 e. The van der Waals surface area contributed by atoms with Crippen molar-refractivity contribution >= 4 is 17.5 Å². The summed E-state index contributed by atoms with van der Waals surface area (Å²) < 4.78 is 23.6. The van der Waals surface area contributed by atoms with E-state index in [0.717, 1.165) is 11.6 Å². The van der Waals surface area contributed by atoms with Crippen LogP contribution in [-0.2, 0) is 6.54 Å². The van der Waals surface area contributed by atoms with Gasteiger partial charge in [-0.25, -0.2) is 4.39 Å². The molecule has 2 rings (SSSR count). The Bertz CT molecular complexity index is 721. The topological polar surface area (TPSA) is 38.8 Å². The van der Waals surface area contributed by atoms with E-state index in [0.29, 0.717) is 18.0 Å². The van der Waals surface area contributed by atoms with Gasteiger partial charge in [0, 0.05) is 25.2 Å². The third-order valence-electron chi connectivity index (χ3n) is 3.41. The Morgan fingerprint density at radius 3 is 2.52 bits per heavy atom. The van der Waals surface area contributed by atoms with Gasteiger partial charge in [-0.05, 0) is 30.3 Å². The van der Waals surface area contributed by atoms with E-state index >= 15 is 0 Å². The first kappa shape index (κ1) is 17.1. The van der Waals surface area contributed by atoms with E-state index in [1.54, 1.807) is 33.4 Å². The van der Waals surface area contributed by atoms with Crippen LogP contribution in [0.1, 0.15) is 15.9 Å². The van der Waals surface area contributed by atoms with Crippen LogP contribution in [0.5, 0.6) is 11.5 Å². The number of amides is 1. The molecule has 0 aromatic heterocycles. The van der Waals surface area contributed by atoms with Crippen molar-refractivity contribution in [2.45, 2.75) is 6.54 Å². The van der Waals surface area contributed by atoms with Gasteiger partial charge in [0.1, 0.15) is 17.3 Å². The van der Waals surface area contributed by atoms with Gasteiger partial charge in [-0.2, -0.15) is 0 Å². The second kappa shape index (κ2) is 7.33. The smallest absolute Gasteiger partial charge is 0.255 e. The molecule has 6 heteroatoms. The first-order chi connectivity index (χ1) is 11.0. The molecule has 0 N–H and O–H groups in total. The highest BCUT2D eigenvalue weighted by molar-refractivity contribution is 6.33. The molecule has 0 heterocycles. The summed E-state index contributed by atoms with van der Waals surface area (Å²) in [5.41, 5.74) is 1.07. The molecule has 0 bridgehead atoms. The van der Waals surface area contributed by atoms with Gasteiger partial charge in [-0.3, -0.25) is 4.79 Å². The predicted octanol–water partition coefficient (Wildman–Crippen LogP) is 3.77. The Balaban J connectivity index is 2.21. The summed E-state index contributed by atoms with van der Waals surface area (Å²) in [6.45, 7) is 0.319. The van der Waals surface area contributed by atoms with E-state index in [1.807, 2.05) is 6.07 Å². The highest BCUT2D eigenvalue weighted by Gasteiger charge is 2.17. The number of benzene rings is 2. The van der Waals surface area contributed by atoms with Gasteiger partial charge in [0.25, 0.3) is 5.91 Å². The van der Waals surface area contributed by atoms with Crippen molar-refractivity contribution in [1.82, 2.24) is 4.90 Å². The molecule has 0 aliphatic carbocycles. The summed E-state index contributed by atoms with van der Waals surface area (Å²) in [5, 5.41) is 0.0866. The van der Waals surface area contributed by atoms with Crippen molar-refractivity contribution in [3.63, 3.8) is 0 Å². The van der Waals surface area contributed by atoms with Crippen LogP contribution in [0, 0.1) is 5.82 Å². The summed E-state index contributed by atoms with van der Waals surface area (Å²) in [6, 6.07) is 9.08. The Hall–Kier alpha value is -2.27. The molecule has 0 fully saturated rings. The van der Waals surface area contributed by atoms with Crippen molar-refractivity contribution in [3.05, 3.63) is 58.4 Å². The molecule has 0 aliphatic rings. The van der Waals surface area contributed by atoms with Crippen molar-refractivity contribution in [1.29, 1.82) is 0 Å². The maximum atomic E-state index is 13.1. The average molecular weight is 338 g/mol. The first-order valence-electron chi connectivity index (χ1n) is 6.87. The molecule has 0 radical (unpaired) electrons. The van der Waals surface area contributed by atoms with Crippen LogP contribution in [0.25, 0.3) is 0 Å². The monoisotopic (exact) mass is 337 g/mol. The zero-order valence-electron chi connectivity index (χ0n) is 13.1. The zero-order valence-corrected chi connectivity index (χ0v) is 13.9. The number of carbonyl (C=O) groups excluding carboxylic acids is 1. The van der Waals surface area contributed by atoms with Crippen LogP contribution in [0.15, 0.2) is 36.4 Å². The number of halogens is 2. The maximum Gasteiger partial charge on any atom is 0.255 e. The molecule has 1 amide bonds. The lowest BCUT2D eigenvalue weighted by Crippen LogP contribution is -2.26. The van der Waals surface area contributed by atoms with E-state index in [4.69, 9.17) is 21.1 Å². The van der Waals surface area contributed by atoms with Gasteiger partial charge < -0.3 is 14.4 Å². The standard InChI is InChI=1S/C17H17ClFNO3/c1-20(17(21)14-7-5-12(19)8-15(14)18)10-11-4-6-13(22-2)9-16(11)23-3/h4-9H,10H2,1-3H3. The first-order valence-corrected chi connectivity index (χ1v) is 7.25. The predicted molar refractivity (Wildman–Crippen MR) is 86.8 cm³/mol. The fourth-order valence-corrected chi connectivity index (χ4v) is 2.43. The van der Waals surface area contributed by atoms with Crippen LogP contribution in [0.2, 0.25) is 5.02 Å². The Labute approximate surface area is 139 Å². The largest absolute Gasteiger partial charge is 0.497 e. The van der Waals surface area contributed by atoms with Crippen LogP contribution in [-0.4, -0.2) is 32.1 Å². The maximum absolute atomic E-state index is 13.1. The normalized spacial score (nSPS) is 10.3. The van der Waals surface area contributed by atoms with Crippen molar-refractivity contribution in [3.8, 4) is 11.5 Å². The lowest BCUT2D eigenvalue weighted by Gasteiger charge is -2.20. The Morgan fingerprint density at radius 2 is 1.91 bits per heavy atom. The number of hydrogen-bond acceptors (Lipinski definition) is 3. The molecule has 0 saturated carbocycles. The fourth-order valence-electron chi connectivity index (χ4n) is 2.18. The fraction of sp³-hybridized carbons (Fsp3) is 0.235. The van der Waals surface area contributed by atoms with Crippen LogP contribution >= 0.6 is 11.6 Å². The molecule has 122 valence electrons. The minimum atomic E-state index is -0.481. The summed E-state index contributed by atoms with van der Waals surface area (Å²) in [5.74, 6) is 0.509. The van der Waals surface area contributed by atoms with E-state index in [1.165, 1.54) is 17.0 Å². The molecule has 23 heavy (non-hydrogen) atoms. The average Bonchev–Trinajstić information content (AvgIpc) is 2.54. The van der Waals surface area contributed by atoms with Crippen LogP contribution in [0.4, 0.5) is 4.39 Å². The molecule has 0 saturated heterocycles. The van der Waals surface area contributed by atoms with Gasteiger partial charge in [-0.15, -0.1) is 0 Å². The molecule has 0 atom stereocenters. The Morgan fingerprint density at radius 1 is 1.17 bits per heavy atom. The molecular weight excluding hydrogens is 321 g/mol. The van der Waals surface area contributed by atoms with E-state index in [9.17, 15) is 9.18 Å². The van der Waals surface area contributed by atoms with Crippen molar-refractivity contribution < 1.29 is 18.7 Å². The second-order valence-corrected chi connectivity index (χ2v) is 5.37. The quantitative estimate of drug-likeness (QED) is 0.833. The highest BCUT2D eigenvalue weighted by Crippen LogP contribution is 2.26. The van der Waals surface area contributed by atoms with Gasteiger partial charge in [0.2, 0.25) is 0 Å². The number of rotatable bonds is 5. The van der Waals surface area contributed by atoms with Crippen LogP contribution < -0.4 is 9.47 Å². The minimum absolute atomic E-state index is 0.0866. The van der Waals surface area contributed by atoms with E-state index in [2.05, 4.69) is 0 Å². The molecule has 4 nitrogen and oxygen atoms in total.